The third-order valence-electron chi connectivity index (χ3n) is 1.82. The van der Waals surface area contributed by atoms with Gasteiger partial charge in [0.25, 0.3) is 0 Å². The highest BCUT2D eigenvalue weighted by molar-refractivity contribution is 5.10. The summed E-state index contributed by atoms with van der Waals surface area (Å²) in [6.45, 7) is 4.66. The topological polar surface area (TPSA) is 21.8 Å². The average Bonchev–Trinajstić information content (AvgIpc) is 2.75. The van der Waals surface area contributed by atoms with Gasteiger partial charge in [-0.05, 0) is 26.0 Å². The van der Waals surface area contributed by atoms with E-state index in [1.807, 2.05) is 19.9 Å². The zero-order chi connectivity index (χ0) is 8.97. The van der Waals surface area contributed by atoms with Gasteiger partial charge in [-0.3, -0.25) is 0 Å². The molecular weight excluding hydrogens is 152 g/mol. The van der Waals surface area contributed by atoms with E-state index in [0.29, 0.717) is 18.8 Å². The van der Waals surface area contributed by atoms with Crippen LogP contribution in [0.4, 0.5) is 0 Å². The molecule has 1 aliphatic heterocycles. The van der Waals surface area contributed by atoms with Crippen molar-refractivity contribution < 1.29 is 9.47 Å². The van der Waals surface area contributed by atoms with E-state index in [2.05, 4.69) is 5.92 Å². The van der Waals surface area contributed by atoms with Gasteiger partial charge < -0.3 is 9.47 Å². The lowest BCUT2D eigenvalue weighted by Gasteiger charge is -2.05. The minimum Gasteiger partial charge on any atom is -0.372 e. The molecule has 1 saturated heterocycles. The molecule has 0 bridgehead atoms. The molecule has 66 valence electrons. The van der Waals surface area contributed by atoms with Crippen LogP contribution in [0.1, 0.15) is 13.8 Å². The molecule has 2 heteroatoms. The maximum Gasteiger partial charge on any atom is 0.107 e. The molecule has 0 amide bonds. The largest absolute Gasteiger partial charge is 0.372 e. The summed E-state index contributed by atoms with van der Waals surface area (Å²) in [5, 5.41) is 0. The lowest BCUT2D eigenvalue weighted by molar-refractivity contribution is 0.0832. The average molecular weight is 166 g/mol. The van der Waals surface area contributed by atoms with E-state index in [0.717, 1.165) is 0 Å². The fourth-order valence-corrected chi connectivity index (χ4v) is 0.898. The summed E-state index contributed by atoms with van der Waals surface area (Å²) in [4.78, 5) is 0. The summed E-state index contributed by atoms with van der Waals surface area (Å²) in [7, 11) is 0. The van der Waals surface area contributed by atoms with Crippen LogP contribution in [0.25, 0.3) is 0 Å². The quantitative estimate of drug-likeness (QED) is 0.464. The Kier molecular flexibility index (Phi) is 3.33. The van der Waals surface area contributed by atoms with E-state index in [9.17, 15) is 0 Å². The molecule has 3 atom stereocenters. The highest BCUT2D eigenvalue weighted by atomic mass is 16.6. The monoisotopic (exact) mass is 166 g/mol. The standard InChI is InChI=1S/C10H14O2/c1-4-5-6-8(2)11-7-10-9(3)12-10/h1,5-6,8-10H,7H2,2-3H3. The van der Waals surface area contributed by atoms with E-state index in [4.69, 9.17) is 15.9 Å². The van der Waals surface area contributed by atoms with E-state index >= 15 is 0 Å². The van der Waals surface area contributed by atoms with Gasteiger partial charge in [-0.25, -0.2) is 0 Å². The van der Waals surface area contributed by atoms with Crippen LogP contribution in [-0.2, 0) is 9.47 Å². The molecule has 3 unspecified atom stereocenters. The number of hydrogen-bond acceptors (Lipinski definition) is 2. The van der Waals surface area contributed by atoms with Gasteiger partial charge in [-0.15, -0.1) is 6.42 Å². The van der Waals surface area contributed by atoms with Gasteiger partial charge in [0.2, 0.25) is 0 Å². The van der Waals surface area contributed by atoms with Crippen molar-refractivity contribution in [2.24, 2.45) is 0 Å². The van der Waals surface area contributed by atoms with Crippen molar-refractivity contribution >= 4 is 0 Å². The molecular formula is C10H14O2. The van der Waals surface area contributed by atoms with E-state index in [1.54, 1.807) is 6.08 Å². The maximum absolute atomic E-state index is 5.43. The number of rotatable bonds is 4. The number of epoxide rings is 1. The summed E-state index contributed by atoms with van der Waals surface area (Å²) < 4.78 is 10.6. The maximum atomic E-state index is 5.43. The molecule has 0 aromatic carbocycles. The van der Waals surface area contributed by atoms with Gasteiger partial charge >= 0.3 is 0 Å². The highest BCUT2D eigenvalue weighted by Gasteiger charge is 2.34. The first-order valence-electron chi connectivity index (χ1n) is 4.14. The first-order valence-corrected chi connectivity index (χ1v) is 4.14. The summed E-state index contributed by atoms with van der Waals surface area (Å²) in [5.41, 5.74) is 0. The van der Waals surface area contributed by atoms with Crippen LogP contribution in [0, 0.1) is 12.3 Å². The minimum atomic E-state index is 0.0810. The highest BCUT2D eigenvalue weighted by Crippen LogP contribution is 2.21. The van der Waals surface area contributed by atoms with Crippen LogP contribution < -0.4 is 0 Å². The van der Waals surface area contributed by atoms with Crippen LogP contribution in [0.3, 0.4) is 0 Å². The first kappa shape index (κ1) is 9.31. The molecule has 1 heterocycles. The second-order valence-corrected chi connectivity index (χ2v) is 2.94. The zero-order valence-electron chi connectivity index (χ0n) is 7.49. The Morgan fingerprint density at radius 2 is 2.42 bits per heavy atom. The number of allylic oxidation sites excluding steroid dienone is 1. The van der Waals surface area contributed by atoms with Gasteiger partial charge in [0.1, 0.15) is 6.10 Å². The Labute approximate surface area is 73.6 Å². The van der Waals surface area contributed by atoms with Gasteiger partial charge in [-0.1, -0.05) is 5.92 Å². The van der Waals surface area contributed by atoms with Crippen LogP contribution >= 0.6 is 0 Å². The molecule has 0 aromatic rings. The predicted octanol–water partition coefficient (Wildman–Crippen LogP) is 1.37. The van der Waals surface area contributed by atoms with Crippen molar-refractivity contribution in [2.45, 2.75) is 32.2 Å². The molecule has 0 aromatic heterocycles. The van der Waals surface area contributed by atoms with Crippen LogP contribution in [-0.4, -0.2) is 24.9 Å². The molecule has 1 aliphatic rings. The summed E-state index contributed by atoms with van der Waals surface area (Å²) in [6, 6.07) is 0. The van der Waals surface area contributed by atoms with Crippen molar-refractivity contribution in [3.05, 3.63) is 12.2 Å². The Morgan fingerprint density at radius 3 is 2.92 bits per heavy atom. The van der Waals surface area contributed by atoms with Gasteiger partial charge in [-0.2, -0.15) is 0 Å². The summed E-state index contributed by atoms with van der Waals surface area (Å²) in [6.07, 6.45) is 9.31. The third-order valence-corrected chi connectivity index (χ3v) is 1.82. The number of ether oxygens (including phenoxy) is 2. The molecule has 0 N–H and O–H groups in total. The van der Waals surface area contributed by atoms with Crippen molar-refractivity contribution in [1.82, 2.24) is 0 Å². The normalized spacial score (nSPS) is 30.1. The van der Waals surface area contributed by atoms with Crippen molar-refractivity contribution in [1.29, 1.82) is 0 Å². The second-order valence-electron chi connectivity index (χ2n) is 2.94. The zero-order valence-corrected chi connectivity index (χ0v) is 7.49. The summed E-state index contributed by atoms with van der Waals surface area (Å²) >= 11 is 0. The molecule has 1 fully saturated rings. The third kappa shape index (κ3) is 3.08. The lowest BCUT2D eigenvalue weighted by atomic mass is 10.3. The van der Waals surface area contributed by atoms with Gasteiger partial charge in [0.05, 0.1) is 18.8 Å². The SMILES string of the molecule is C#CC=CC(C)OCC1OC1C. The van der Waals surface area contributed by atoms with Gasteiger partial charge in [0.15, 0.2) is 0 Å². The fraction of sp³-hybridized carbons (Fsp3) is 0.600. The molecule has 0 saturated carbocycles. The summed E-state index contributed by atoms with van der Waals surface area (Å²) in [5.74, 6) is 2.42. The van der Waals surface area contributed by atoms with Crippen LogP contribution in [0.5, 0.6) is 0 Å². The Hall–Kier alpha value is -0.780. The molecule has 0 aliphatic carbocycles. The molecule has 1 rings (SSSR count). The minimum absolute atomic E-state index is 0.0810. The molecule has 0 spiro atoms. The molecule has 0 radical (unpaired) electrons. The second kappa shape index (κ2) is 4.30. The van der Waals surface area contributed by atoms with Crippen LogP contribution in [0.15, 0.2) is 12.2 Å². The molecule has 12 heavy (non-hydrogen) atoms. The fourth-order valence-electron chi connectivity index (χ4n) is 0.898. The predicted molar refractivity (Wildman–Crippen MR) is 47.7 cm³/mol. The Balaban J connectivity index is 2.07. The van der Waals surface area contributed by atoms with E-state index < -0.39 is 0 Å². The van der Waals surface area contributed by atoms with Crippen molar-refractivity contribution in [2.75, 3.05) is 6.61 Å². The van der Waals surface area contributed by atoms with Gasteiger partial charge in [0, 0.05) is 0 Å². The lowest BCUT2D eigenvalue weighted by Crippen LogP contribution is -2.10. The smallest absolute Gasteiger partial charge is 0.107 e. The number of hydrogen-bond donors (Lipinski definition) is 0. The first-order chi connectivity index (χ1) is 5.74. The van der Waals surface area contributed by atoms with Crippen molar-refractivity contribution in [3.63, 3.8) is 0 Å². The number of terminal acetylenes is 1. The van der Waals surface area contributed by atoms with Crippen molar-refractivity contribution in [3.8, 4) is 12.3 Å². The Morgan fingerprint density at radius 1 is 1.75 bits per heavy atom. The van der Waals surface area contributed by atoms with E-state index in [1.165, 1.54) is 0 Å². The Bertz CT molecular complexity index is 202. The van der Waals surface area contributed by atoms with E-state index in [-0.39, 0.29) is 6.10 Å². The molecule has 2 nitrogen and oxygen atoms in total. The van der Waals surface area contributed by atoms with Crippen LogP contribution in [0.2, 0.25) is 0 Å².